The maximum atomic E-state index is 11.4. The van der Waals surface area contributed by atoms with E-state index in [1.165, 1.54) is 6.26 Å². The van der Waals surface area contributed by atoms with Crippen LogP contribution >= 0.6 is 0 Å². The molecule has 0 aromatic heterocycles. The maximum Gasteiger partial charge on any atom is 0.191 e. The van der Waals surface area contributed by atoms with Crippen LogP contribution < -0.4 is 10.6 Å². The molecule has 0 aliphatic heterocycles. The van der Waals surface area contributed by atoms with Crippen molar-refractivity contribution in [3.8, 4) is 0 Å². The van der Waals surface area contributed by atoms with Gasteiger partial charge in [-0.2, -0.15) is 0 Å². The van der Waals surface area contributed by atoms with Crippen LogP contribution in [0.4, 0.5) is 0 Å². The number of benzene rings is 1. The molecule has 2 rings (SSSR count). The molecule has 7 heteroatoms. The van der Waals surface area contributed by atoms with Gasteiger partial charge in [-0.3, -0.25) is 4.99 Å². The zero-order valence-electron chi connectivity index (χ0n) is 14.4. The number of aliphatic imine (C=N–C) groups is 1. The fourth-order valence-electron chi connectivity index (χ4n) is 2.36. The summed E-state index contributed by atoms with van der Waals surface area (Å²) >= 11 is 0. The Morgan fingerprint density at radius 3 is 2.42 bits per heavy atom. The molecule has 1 fully saturated rings. The third-order valence-corrected chi connectivity index (χ3v) is 5.40. The highest BCUT2D eigenvalue weighted by atomic mass is 32.2. The number of hydrogen-bond acceptors (Lipinski definition) is 4. The van der Waals surface area contributed by atoms with E-state index in [9.17, 15) is 13.5 Å². The van der Waals surface area contributed by atoms with E-state index in [2.05, 4.69) is 15.6 Å². The Bertz CT molecular complexity index is 665. The summed E-state index contributed by atoms with van der Waals surface area (Å²) in [6.45, 7) is 4.34. The molecular weight excluding hydrogens is 326 g/mol. The van der Waals surface area contributed by atoms with Crippen molar-refractivity contribution < 1.29 is 13.5 Å². The van der Waals surface area contributed by atoms with Crippen LogP contribution in [0.15, 0.2) is 34.2 Å². The van der Waals surface area contributed by atoms with Gasteiger partial charge in [-0.25, -0.2) is 8.42 Å². The number of nitrogens with one attached hydrogen (secondary N) is 2. The molecule has 134 valence electrons. The predicted octanol–water partition coefficient (Wildman–Crippen LogP) is 0.960. The van der Waals surface area contributed by atoms with Gasteiger partial charge in [-0.05, 0) is 43.9 Å². The summed E-state index contributed by atoms with van der Waals surface area (Å²) in [5.41, 5.74) is 1.07. The van der Waals surface area contributed by atoms with Crippen molar-refractivity contribution in [2.45, 2.75) is 31.1 Å². The van der Waals surface area contributed by atoms with Gasteiger partial charge in [-0.15, -0.1) is 0 Å². The third kappa shape index (κ3) is 5.49. The van der Waals surface area contributed by atoms with Gasteiger partial charge in [0.1, 0.15) is 0 Å². The standard InChI is InChI=1S/C17H27N3O3S/c1-3-18-16(20-12-17(13-21)9-10-17)19-11-8-14-4-6-15(7-5-14)24(2,22)23/h4-7,21H,3,8-13H2,1-2H3,(H2,18,19,20). The first kappa shape index (κ1) is 18.7. The molecule has 24 heavy (non-hydrogen) atoms. The van der Waals surface area contributed by atoms with Gasteiger partial charge < -0.3 is 15.7 Å². The fraction of sp³-hybridized carbons (Fsp3) is 0.588. The summed E-state index contributed by atoms with van der Waals surface area (Å²) in [6.07, 6.45) is 4.07. The molecule has 3 N–H and O–H groups in total. The molecule has 0 atom stereocenters. The zero-order valence-corrected chi connectivity index (χ0v) is 15.2. The summed E-state index contributed by atoms with van der Waals surface area (Å²) in [5, 5.41) is 15.8. The summed E-state index contributed by atoms with van der Waals surface area (Å²) in [7, 11) is -3.14. The molecule has 1 aliphatic carbocycles. The van der Waals surface area contributed by atoms with Crippen LogP contribution in [0.25, 0.3) is 0 Å². The quantitative estimate of drug-likeness (QED) is 0.478. The van der Waals surface area contributed by atoms with Crippen molar-refractivity contribution in [3.05, 3.63) is 29.8 Å². The van der Waals surface area contributed by atoms with Crippen LogP contribution in [0, 0.1) is 5.41 Å². The van der Waals surface area contributed by atoms with Gasteiger partial charge in [0.05, 0.1) is 18.0 Å². The summed E-state index contributed by atoms with van der Waals surface area (Å²) < 4.78 is 22.9. The van der Waals surface area contributed by atoms with Crippen molar-refractivity contribution in [1.29, 1.82) is 0 Å². The Balaban J connectivity index is 1.85. The molecule has 6 nitrogen and oxygen atoms in total. The number of guanidine groups is 1. The minimum Gasteiger partial charge on any atom is -0.396 e. The second kappa shape index (κ2) is 7.98. The maximum absolute atomic E-state index is 11.4. The van der Waals surface area contributed by atoms with E-state index in [0.29, 0.717) is 18.0 Å². The molecular formula is C17H27N3O3S. The topological polar surface area (TPSA) is 90.8 Å². The number of aliphatic hydroxyl groups excluding tert-OH is 1. The number of hydrogen-bond donors (Lipinski definition) is 3. The minimum atomic E-state index is -3.14. The van der Waals surface area contributed by atoms with E-state index in [4.69, 9.17) is 0 Å². The normalized spacial score (nSPS) is 16.7. The predicted molar refractivity (Wildman–Crippen MR) is 96.0 cm³/mol. The largest absolute Gasteiger partial charge is 0.396 e. The van der Waals surface area contributed by atoms with Crippen molar-refractivity contribution in [2.24, 2.45) is 10.4 Å². The van der Waals surface area contributed by atoms with Crippen LogP contribution in [-0.4, -0.2) is 52.0 Å². The molecule has 0 unspecified atom stereocenters. The van der Waals surface area contributed by atoms with Crippen LogP contribution in [-0.2, 0) is 16.3 Å². The van der Waals surface area contributed by atoms with Gasteiger partial charge in [-0.1, -0.05) is 12.1 Å². The van der Waals surface area contributed by atoms with Gasteiger partial charge in [0.15, 0.2) is 15.8 Å². The average Bonchev–Trinajstić information content (AvgIpc) is 3.33. The lowest BCUT2D eigenvalue weighted by atomic mass is 10.1. The molecule has 0 spiro atoms. The van der Waals surface area contributed by atoms with Crippen LogP contribution in [0.5, 0.6) is 0 Å². The number of sulfone groups is 1. The number of aliphatic hydroxyl groups is 1. The van der Waals surface area contributed by atoms with Crippen LogP contribution in [0.3, 0.4) is 0 Å². The van der Waals surface area contributed by atoms with E-state index in [0.717, 1.165) is 37.3 Å². The molecule has 0 amide bonds. The molecule has 1 aromatic carbocycles. The lowest BCUT2D eigenvalue weighted by Crippen LogP contribution is -2.38. The molecule has 1 aliphatic rings. The smallest absolute Gasteiger partial charge is 0.191 e. The molecule has 0 radical (unpaired) electrons. The Hall–Kier alpha value is -1.60. The minimum absolute atomic E-state index is 0.00380. The first-order chi connectivity index (χ1) is 11.4. The SMILES string of the molecule is CCNC(=NCC1(CO)CC1)NCCc1ccc(S(C)(=O)=O)cc1. The van der Waals surface area contributed by atoms with E-state index >= 15 is 0 Å². The molecule has 1 aromatic rings. The van der Waals surface area contributed by atoms with Gasteiger partial charge in [0.25, 0.3) is 0 Å². The molecule has 0 heterocycles. The van der Waals surface area contributed by atoms with E-state index < -0.39 is 9.84 Å². The van der Waals surface area contributed by atoms with E-state index in [-0.39, 0.29) is 12.0 Å². The van der Waals surface area contributed by atoms with Crippen LogP contribution in [0.1, 0.15) is 25.3 Å². The highest BCUT2D eigenvalue weighted by molar-refractivity contribution is 7.90. The Kier molecular flexibility index (Phi) is 6.23. The van der Waals surface area contributed by atoms with Crippen LogP contribution in [0.2, 0.25) is 0 Å². The molecule has 0 saturated heterocycles. The second-order valence-electron chi connectivity index (χ2n) is 6.45. The van der Waals surface area contributed by atoms with Gasteiger partial charge in [0, 0.05) is 24.8 Å². The average molecular weight is 353 g/mol. The fourth-order valence-corrected chi connectivity index (χ4v) is 2.99. The lowest BCUT2D eigenvalue weighted by molar-refractivity contribution is 0.217. The zero-order chi connectivity index (χ0) is 17.6. The van der Waals surface area contributed by atoms with Crippen molar-refractivity contribution >= 4 is 15.8 Å². The van der Waals surface area contributed by atoms with Crippen molar-refractivity contribution in [3.63, 3.8) is 0 Å². The Morgan fingerprint density at radius 1 is 1.25 bits per heavy atom. The summed E-state index contributed by atoms with van der Waals surface area (Å²) in [4.78, 5) is 4.89. The molecule has 1 saturated carbocycles. The monoisotopic (exact) mass is 353 g/mol. The Labute approximate surface area is 144 Å². The number of rotatable bonds is 8. The first-order valence-electron chi connectivity index (χ1n) is 8.31. The van der Waals surface area contributed by atoms with E-state index in [1.807, 2.05) is 19.1 Å². The second-order valence-corrected chi connectivity index (χ2v) is 8.46. The third-order valence-electron chi connectivity index (χ3n) is 4.27. The van der Waals surface area contributed by atoms with E-state index in [1.54, 1.807) is 12.1 Å². The van der Waals surface area contributed by atoms with Gasteiger partial charge >= 0.3 is 0 Å². The number of nitrogens with zero attached hydrogens (tertiary/aromatic N) is 1. The summed E-state index contributed by atoms with van der Waals surface area (Å²) in [6, 6.07) is 6.96. The highest BCUT2D eigenvalue weighted by Gasteiger charge is 2.41. The first-order valence-corrected chi connectivity index (χ1v) is 10.2. The van der Waals surface area contributed by atoms with Gasteiger partial charge in [0.2, 0.25) is 0 Å². The van der Waals surface area contributed by atoms with Crippen molar-refractivity contribution in [2.75, 3.05) is 32.5 Å². The van der Waals surface area contributed by atoms with Crippen molar-refractivity contribution in [1.82, 2.24) is 10.6 Å². The highest BCUT2D eigenvalue weighted by Crippen LogP contribution is 2.45. The summed E-state index contributed by atoms with van der Waals surface area (Å²) in [5.74, 6) is 0.755. The Morgan fingerprint density at radius 2 is 1.92 bits per heavy atom. The lowest BCUT2D eigenvalue weighted by Gasteiger charge is -2.13. The molecule has 0 bridgehead atoms.